The molecule has 0 fully saturated rings. The summed E-state index contributed by atoms with van der Waals surface area (Å²) >= 11 is 0. The van der Waals surface area contributed by atoms with E-state index in [9.17, 15) is 14.7 Å². The summed E-state index contributed by atoms with van der Waals surface area (Å²) in [4.78, 5) is 28.0. The Morgan fingerprint density at radius 1 is 1.31 bits per heavy atom. The Balaban J connectivity index is 3.60. The van der Waals surface area contributed by atoms with Crippen molar-refractivity contribution < 1.29 is 19.4 Å². The highest BCUT2D eigenvalue weighted by molar-refractivity contribution is 5.88. The molecule has 0 spiro atoms. The molecule has 1 amide bonds. The minimum absolute atomic E-state index is 0.0768. The fraction of sp³-hybridized carbons (Fsp3) is 0.778. The van der Waals surface area contributed by atoms with Crippen LogP contribution in [0.3, 0.4) is 0 Å². The van der Waals surface area contributed by atoms with Crippen molar-refractivity contribution in [3.63, 3.8) is 0 Å². The summed E-state index contributed by atoms with van der Waals surface area (Å²) in [5, 5.41) is 12.1. The summed E-state index contributed by atoms with van der Waals surface area (Å²) in [6.07, 6.45) is 5.64. The number of Topliss-reactive ketones (excluding diaryl/α,β-unsaturated/α-hetero) is 1. The van der Waals surface area contributed by atoms with Gasteiger partial charge in [-0.2, -0.15) is 0 Å². The first-order valence-corrected chi connectivity index (χ1v) is 12.2. The van der Waals surface area contributed by atoms with Crippen LogP contribution in [0.25, 0.3) is 0 Å². The summed E-state index contributed by atoms with van der Waals surface area (Å²) < 4.78 is 5.88. The standard InChI is InChI=1S/C27H47NO4/c1-11-14-21(6)26(22(29)17-25(7,8)9)16-19(4)23(27(31,18-26)20(5)13-3)32-24(30)28(10)15-12-2/h12,16,20-21,23,31H,2,11,13-15,17-18H2,1,3-10H3/t20?,21-,23?,26?,27?/m1/s1. The van der Waals surface area contributed by atoms with Crippen molar-refractivity contribution in [1.82, 2.24) is 4.90 Å². The minimum Gasteiger partial charge on any atom is -0.438 e. The molecule has 184 valence electrons. The molecule has 5 nitrogen and oxygen atoms in total. The first-order valence-electron chi connectivity index (χ1n) is 12.2. The van der Waals surface area contributed by atoms with Crippen LogP contribution in [-0.2, 0) is 9.53 Å². The van der Waals surface area contributed by atoms with E-state index in [1.165, 1.54) is 4.90 Å². The van der Waals surface area contributed by atoms with Crippen LogP contribution in [0.15, 0.2) is 24.3 Å². The summed E-state index contributed by atoms with van der Waals surface area (Å²) in [6.45, 7) is 20.4. The zero-order chi connectivity index (χ0) is 24.9. The smallest absolute Gasteiger partial charge is 0.410 e. The number of allylic oxidation sites excluding steroid dienone is 1. The normalized spacial score (nSPS) is 27.8. The number of amides is 1. The average Bonchev–Trinajstić information content (AvgIpc) is 2.68. The number of nitrogens with zero attached hydrogens (tertiary/aromatic N) is 1. The third kappa shape index (κ3) is 6.24. The zero-order valence-electron chi connectivity index (χ0n) is 22.0. The third-order valence-electron chi connectivity index (χ3n) is 7.14. The molecular weight excluding hydrogens is 402 g/mol. The van der Waals surface area contributed by atoms with E-state index in [0.29, 0.717) is 19.4 Å². The van der Waals surface area contributed by atoms with Crippen molar-refractivity contribution in [3.8, 4) is 0 Å². The molecule has 0 heterocycles. The molecule has 0 aromatic heterocycles. The third-order valence-corrected chi connectivity index (χ3v) is 7.14. The fourth-order valence-electron chi connectivity index (χ4n) is 5.04. The molecule has 0 saturated heterocycles. The first-order chi connectivity index (χ1) is 14.7. The van der Waals surface area contributed by atoms with Gasteiger partial charge in [-0.05, 0) is 42.6 Å². The molecule has 1 rings (SSSR count). The molecule has 1 aliphatic carbocycles. The van der Waals surface area contributed by atoms with Crippen molar-refractivity contribution in [3.05, 3.63) is 24.3 Å². The topological polar surface area (TPSA) is 66.8 Å². The Morgan fingerprint density at radius 2 is 1.91 bits per heavy atom. The maximum absolute atomic E-state index is 13.8. The minimum atomic E-state index is -1.33. The lowest BCUT2D eigenvalue weighted by atomic mass is 9.56. The number of ketones is 1. The Hall–Kier alpha value is -1.62. The van der Waals surface area contributed by atoms with E-state index in [2.05, 4.69) is 41.2 Å². The van der Waals surface area contributed by atoms with Crippen molar-refractivity contribution in [1.29, 1.82) is 0 Å². The molecule has 1 aliphatic rings. The lowest BCUT2D eigenvalue weighted by Crippen LogP contribution is -2.59. The van der Waals surface area contributed by atoms with Crippen molar-refractivity contribution in [2.24, 2.45) is 22.7 Å². The number of hydrogen-bond donors (Lipinski definition) is 1. The Labute approximate surface area is 196 Å². The van der Waals surface area contributed by atoms with E-state index in [1.807, 2.05) is 26.8 Å². The molecule has 5 atom stereocenters. The Bertz CT molecular complexity index is 707. The van der Waals surface area contributed by atoms with Gasteiger partial charge in [-0.1, -0.05) is 73.5 Å². The second-order valence-electron chi connectivity index (χ2n) is 11.2. The number of rotatable bonds is 10. The van der Waals surface area contributed by atoms with Crippen LogP contribution >= 0.6 is 0 Å². The maximum Gasteiger partial charge on any atom is 0.410 e. The Kier molecular flexibility index (Phi) is 9.77. The molecule has 1 N–H and O–H groups in total. The quantitative estimate of drug-likeness (QED) is 0.405. The van der Waals surface area contributed by atoms with Crippen LogP contribution in [0, 0.1) is 22.7 Å². The molecule has 32 heavy (non-hydrogen) atoms. The van der Waals surface area contributed by atoms with E-state index in [0.717, 1.165) is 18.4 Å². The van der Waals surface area contributed by atoms with Gasteiger partial charge in [-0.25, -0.2) is 4.79 Å². The van der Waals surface area contributed by atoms with Gasteiger partial charge in [-0.3, -0.25) is 4.79 Å². The van der Waals surface area contributed by atoms with E-state index < -0.39 is 23.2 Å². The summed E-state index contributed by atoms with van der Waals surface area (Å²) in [5.74, 6) is 0.0952. The molecule has 0 bridgehead atoms. The highest BCUT2D eigenvalue weighted by atomic mass is 16.6. The Morgan fingerprint density at radius 3 is 2.38 bits per heavy atom. The lowest BCUT2D eigenvalue weighted by molar-refractivity contribution is -0.154. The van der Waals surface area contributed by atoms with Gasteiger partial charge in [0.25, 0.3) is 0 Å². The number of likely N-dealkylation sites (N-methyl/N-ethyl adjacent to an activating group) is 1. The second-order valence-corrected chi connectivity index (χ2v) is 11.2. The predicted octanol–water partition coefficient (Wildman–Crippen LogP) is 6.16. The van der Waals surface area contributed by atoms with Gasteiger partial charge in [0.15, 0.2) is 6.10 Å². The maximum atomic E-state index is 13.8. The predicted molar refractivity (Wildman–Crippen MR) is 131 cm³/mol. The summed E-state index contributed by atoms with van der Waals surface area (Å²) in [7, 11) is 1.65. The van der Waals surface area contributed by atoms with Gasteiger partial charge in [-0.15, -0.1) is 6.58 Å². The highest BCUT2D eigenvalue weighted by Crippen LogP contribution is 2.52. The van der Waals surface area contributed by atoms with Gasteiger partial charge < -0.3 is 14.7 Å². The summed E-state index contributed by atoms with van der Waals surface area (Å²) in [5.41, 5.74) is -1.50. The number of hydrogen-bond acceptors (Lipinski definition) is 4. The van der Waals surface area contributed by atoms with Gasteiger partial charge in [0, 0.05) is 20.0 Å². The molecule has 0 aliphatic heterocycles. The van der Waals surface area contributed by atoms with Crippen LogP contribution in [0.5, 0.6) is 0 Å². The van der Waals surface area contributed by atoms with Crippen LogP contribution in [0.4, 0.5) is 4.79 Å². The van der Waals surface area contributed by atoms with Crippen LogP contribution in [0.2, 0.25) is 0 Å². The van der Waals surface area contributed by atoms with Crippen LogP contribution < -0.4 is 0 Å². The molecule has 5 heteroatoms. The fourth-order valence-corrected chi connectivity index (χ4v) is 5.04. The molecule has 0 saturated carbocycles. The van der Waals surface area contributed by atoms with Crippen molar-refractivity contribution >= 4 is 11.9 Å². The van der Waals surface area contributed by atoms with E-state index in [4.69, 9.17) is 4.74 Å². The number of carbonyl (C=O) groups excluding carboxylic acids is 2. The number of aliphatic hydroxyl groups is 1. The SMILES string of the molecule is C=CCN(C)C(=O)OC1C(C)=CC(C(=O)CC(C)(C)C)([C@H](C)CCC)CC1(O)C(C)CC. The van der Waals surface area contributed by atoms with Gasteiger partial charge >= 0.3 is 6.09 Å². The average molecular weight is 450 g/mol. The number of carbonyl (C=O) groups is 2. The molecule has 4 unspecified atom stereocenters. The molecule has 0 radical (unpaired) electrons. The van der Waals surface area contributed by atoms with Gasteiger partial charge in [0.1, 0.15) is 11.4 Å². The highest BCUT2D eigenvalue weighted by Gasteiger charge is 2.57. The van der Waals surface area contributed by atoms with E-state index in [1.54, 1.807) is 13.1 Å². The van der Waals surface area contributed by atoms with Crippen molar-refractivity contribution in [2.75, 3.05) is 13.6 Å². The van der Waals surface area contributed by atoms with Crippen molar-refractivity contribution in [2.45, 2.75) is 99.2 Å². The first kappa shape index (κ1) is 28.4. The lowest BCUT2D eigenvalue weighted by Gasteiger charge is -2.52. The van der Waals surface area contributed by atoms with Gasteiger partial charge in [0.05, 0.1) is 5.41 Å². The summed E-state index contributed by atoms with van der Waals surface area (Å²) in [6, 6.07) is 0. The monoisotopic (exact) mass is 449 g/mol. The zero-order valence-corrected chi connectivity index (χ0v) is 22.0. The molecule has 0 aromatic rings. The largest absolute Gasteiger partial charge is 0.438 e. The molecular formula is C27H47NO4. The van der Waals surface area contributed by atoms with E-state index in [-0.39, 0.29) is 29.5 Å². The van der Waals surface area contributed by atoms with Gasteiger partial charge in [0.2, 0.25) is 0 Å². The van der Waals surface area contributed by atoms with E-state index >= 15 is 0 Å². The number of ether oxygens (including phenoxy) is 1. The molecule has 0 aromatic carbocycles. The second kappa shape index (κ2) is 11.0. The van der Waals surface area contributed by atoms with Crippen LogP contribution in [0.1, 0.15) is 87.5 Å². The van der Waals surface area contributed by atoms with Crippen LogP contribution in [-0.4, -0.2) is 47.2 Å².